The predicted octanol–water partition coefficient (Wildman–Crippen LogP) is 5.92. The third kappa shape index (κ3) is 5.09. The molecule has 4 rings (SSSR count). The van der Waals surface area contributed by atoms with Gasteiger partial charge in [-0.05, 0) is 48.2 Å². The first kappa shape index (κ1) is 23.8. The third-order valence-electron chi connectivity index (χ3n) is 5.21. The number of fused-ring (bicyclic) bond motifs is 1. The summed E-state index contributed by atoms with van der Waals surface area (Å²) in [5, 5.41) is 36.7. The van der Waals surface area contributed by atoms with E-state index in [0.717, 1.165) is 0 Å². The van der Waals surface area contributed by atoms with Gasteiger partial charge in [0.2, 0.25) is 0 Å². The molecule has 0 bridgehead atoms. The number of nitro benzene ring substituents is 1. The number of hydrogen-bond donors (Lipinski definition) is 4. The Morgan fingerprint density at radius 1 is 0.944 bits per heavy atom. The number of phenols is 1. The highest BCUT2D eigenvalue weighted by molar-refractivity contribution is 6.12. The number of rotatable bonds is 6. The van der Waals surface area contributed by atoms with E-state index < -0.39 is 22.6 Å². The van der Waals surface area contributed by atoms with Crippen LogP contribution < -0.4 is 16.4 Å². The lowest BCUT2D eigenvalue weighted by Gasteiger charge is -2.12. The molecule has 0 unspecified atom stereocenters. The van der Waals surface area contributed by atoms with E-state index in [9.17, 15) is 24.8 Å². The molecule has 0 saturated heterocycles. The number of primary amides is 1. The number of carbonyl (C=O) groups is 2. The molecule has 0 aliphatic rings. The number of nitrogens with one attached hydrogen (secondary N) is 2. The van der Waals surface area contributed by atoms with Crippen molar-refractivity contribution in [3.8, 4) is 5.75 Å². The number of phenolic OH excluding ortho intramolecular Hbond substituents is 1. The van der Waals surface area contributed by atoms with Gasteiger partial charge in [-0.2, -0.15) is 0 Å². The smallest absolute Gasteiger partial charge is 0.316 e. The van der Waals surface area contributed by atoms with Crippen molar-refractivity contribution in [2.75, 3.05) is 10.6 Å². The SMILES string of the molecule is Cc1ccc(N=Nc2c(O)c(C(=O)Nc3cccc(NC(N)=O)c3)cc3ccccc23)c([N+](=O)[O-])c1. The van der Waals surface area contributed by atoms with Crippen LogP contribution in [0.3, 0.4) is 0 Å². The number of nitrogens with zero attached hydrogens (tertiary/aromatic N) is 3. The second-order valence-electron chi connectivity index (χ2n) is 7.82. The molecule has 0 fully saturated rings. The van der Waals surface area contributed by atoms with E-state index in [1.807, 2.05) is 0 Å². The Labute approximate surface area is 204 Å². The van der Waals surface area contributed by atoms with Crippen LogP contribution in [0.1, 0.15) is 15.9 Å². The van der Waals surface area contributed by atoms with Gasteiger partial charge in [0.1, 0.15) is 5.69 Å². The molecule has 0 spiro atoms. The summed E-state index contributed by atoms with van der Waals surface area (Å²) in [7, 11) is 0. The summed E-state index contributed by atoms with van der Waals surface area (Å²) in [6, 6.07) is 18.4. The molecule has 0 saturated carbocycles. The zero-order chi connectivity index (χ0) is 25.8. The van der Waals surface area contributed by atoms with Crippen molar-refractivity contribution in [2.24, 2.45) is 16.0 Å². The Kier molecular flexibility index (Phi) is 6.55. The number of aromatic hydroxyl groups is 1. The van der Waals surface area contributed by atoms with Crippen LogP contribution in [-0.4, -0.2) is 22.0 Å². The zero-order valence-electron chi connectivity index (χ0n) is 18.9. The highest BCUT2D eigenvalue weighted by Crippen LogP contribution is 2.40. The lowest BCUT2D eigenvalue weighted by molar-refractivity contribution is -0.384. The van der Waals surface area contributed by atoms with Crippen LogP contribution in [0.5, 0.6) is 5.75 Å². The van der Waals surface area contributed by atoms with Crippen LogP contribution in [0.4, 0.5) is 33.2 Å². The number of nitro groups is 1. The molecule has 11 nitrogen and oxygen atoms in total. The van der Waals surface area contributed by atoms with E-state index in [2.05, 4.69) is 20.9 Å². The summed E-state index contributed by atoms with van der Waals surface area (Å²) in [5.41, 5.74) is 6.20. The van der Waals surface area contributed by atoms with Crippen LogP contribution in [0.2, 0.25) is 0 Å². The molecule has 180 valence electrons. The third-order valence-corrected chi connectivity index (χ3v) is 5.21. The average molecular weight is 484 g/mol. The maximum Gasteiger partial charge on any atom is 0.316 e. The fourth-order valence-corrected chi connectivity index (χ4v) is 3.58. The van der Waals surface area contributed by atoms with Crippen molar-refractivity contribution in [1.82, 2.24) is 0 Å². The fourth-order valence-electron chi connectivity index (χ4n) is 3.58. The normalized spacial score (nSPS) is 10.9. The predicted molar refractivity (Wildman–Crippen MR) is 135 cm³/mol. The first-order valence-electron chi connectivity index (χ1n) is 10.6. The van der Waals surface area contributed by atoms with Crippen molar-refractivity contribution < 1.29 is 19.6 Å². The first-order valence-corrected chi connectivity index (χ1v) is 10.6. The molecule has 11 heteroatoms. The van der Waals surface area contributed by atoms with Crippen molar-refractivity contribution in [3.63, 3.8) is 0 Å². The number of nitrogens with two attached hydrogens (primary N) is 1. The van der Waals surface area contributed by atoms with Crippen LogP contribution in [0.15, 0.2) is 83.0 Å². The highest BCUT2D eigenvalue weighted by atomic mass is 16.6. The number of carbonyl (C=O) groups excluding carboxylic acids is 2. The van der Waals surface area contributed by atoms with E-state index in [1.165, 1.54) is 24.3 Å². The highest BCUT2D eigenvalue weighted by Gasteiger charge is 2.20. The van der Waals surface area contributed by atoms with E-state index in [0.29, 0.717) is 27.7 Å². The summed E-state index contributed by atoms with van der Waals surface area (Å²) in [5.74, 6) is -1.09. The Hall–Kier alpha value is -5.32. The van der Waals surface area contributed by atoms with E-state index in [4.69, 9.17) is 5.73 Å². The van der Waals surface area contributed by atoms with Gasteiger partial charge in [0, 0.05) is 22.8 Å². The van der Waals surface area contributed by atoms with Gasteiger partial charge >= 0.3 is 6.03 Å². The number of urea groups is 1. The van der Waals surface area contributed by atoms with Crippen molar-refractivity contribution in [3.05, 3.63) is 94.0 Å². The Morgan fingerprint density at radius 3 is 2.39 bits per heavy atom. The molecule has 0 aromatic heterocycles. The molecule has 36 heavy (non-hydrogen) atoms. The van der Waals surface area contributed by atoms with Gasteiger partial charge in [-0.15, -0.1) is 10.2 Å². The second-order valence-corrected chi connectivity index (χ2v) is 7.82. The van der Waals surface area contributed by atoms with E-state index >= 15 is 0 Å². The second kappa shape index (κ2) is 9.89. The van der Waals surface area contributed by atoms with Crippen molar-refractivity contribution >= 4 is 51.1 Å². The maximum absolute atomic E-state index is 13.1. The topological polar surface area (TPSA) is 172 Å². The van der Waals surface area contributed by atoms with Crippen LogP contribution in [-0.2, 0) is 0 Å². The average Bonchev–Trinajstić information content (AvgIpc) is 2.83. The molecule has 0 heterocycles. The monoisotopic (exact) mass is 484 g/mol. The van der Waals surface area contributed by atoms with Gasteiger partial charge in [0.05, 0.1) is 10.5 Å². The molecular formula is C25H20N6O5. The summed E-state index contributed by atoms with van der Waals surface area (Å²) in [4.78, 5) is 35.0. The lowest BCUT2D eigenvalue weighted by Crippen LogP contribution is -2.19. The standard InChI is InChI=1S/C25H20N6O5/c1-14-9-10-20(21(11-14)31(35)36)29-30-22-18-8-3-2-5-15(18)12-19(23(22)32)24(33)27-16-6-4-7-17(13-16)28-25(26)34/h2-13,32H,1H3,(H,27,33)(H3,26,28,34). The molecule has 4 aromatic carbocycles. The minimum atomic E-state index is -0.755. The molecule has 0 aliphatic heterocycles. The van der Waals surface area contributed by atoms with Gasteiger partial charge in [-0.3, -0.25) is 14.9 Å². The Balaban J connectivity index is 1.75. The van der Waals surface area contributed by atoms with Gasteiger partial charge in [-0.1, -0.05) is 36.4 Å². The van der Waals surface area contributed by atoms with Gasteiger partial charge < -0.3 is 21.5 Å². The number of aryl methyl sites for hydroxylation is 1. The van der Waals surface area contributed by atoms with E-state index in [-0.39, 0.29) is 22.6 Å². The lowest BCUT2D eigenvalue weighted by atomic mass is 10.0. The Bertz CT molecular complexity index is 1550. The largest absolute Gasteiger partial charge is 0.505 e. The van der Waals surface area contributed by atoms with Crippen molar-refractivity contribution in [2.45, 2.75) is 6.92 Å². The number of anilines is 2. The number of amides is 3. The molecule has 0 atom stereocenters. The molecule has 5 N–H and O–H groups in total. The molecular weight excluding hydrogens is 464 g/mol. The maximum atomic E-state index is 13.1. The van der Waals surface area contributed by atoms with Gasteiger partial charge in [0.15, 0.2) is 11.4 Å². The minimum absolute atomic E-state index is 0.00250. The quantitative estimate of drug-likeness (QED) is 0.151. The number of azo groups is 1. The molecule has 0 aliphatic carbocycles. The van der Waals surface area contributed by atoms with Crippen LogP contribution in [0.25, 0.3) is 10.8 Å². The summed E-state index contributed by atoms with van der Waals surface area (Å²) in [6.45, 7) is 1.72. The van der Waals surface area contributed by atoms with Gasteiger partial charge in [0.25, 0.3) is 11.6 Å². The first-order chi connectivity index (χ1) is 17.2. The minimum Gasteiger partial charge on any atom is -0.505 e. The van der Waals surface area contributed by atoms with Gasteiger partial charge in [-0.25, -0.2) is 4.79 Å². The number of benzene rings is 4. The van der Waals surface area contributed by atoms with Crippen LogP contribution in [0, 0.1) is 17.0 Å². The van der Waals surface area contributed by atoms with Crippen molar-refractivity contribution in [1.29, 1.82) is 0 Å². The summed E-state index contributed by atoms with van der Waals surface area (Å²) >= 11 is 0. The number of hydrogen-bond acceptors (Lipinski definition) is 7. The zero-order valence-corrected chi connectivity index (χ0v) is 18.9. The van der Waals surface area contributed by atoms with Crippen LogP contribution >= 0.6 is 0 Å². The molecule has 0 radical (unpaired) electrons. The molecule has 4 aromatic rings. The summed E-state index contributed by atoms with van der Waals surface area (Å²) in [6.07, 6.45) is 0. The fraction of sp³-hybridized carbons (Fsp3) is 0.0400. The summed E-state index contributed by atoms with van der Waals surface area (Å²) < 4.78 is 0. The molecule has 3 amide bonds. The Morgan fingerprint density at radius 2 is 1.67 bits per heavy atom. The van der Waals surface area contributed by atoms with E-state index in [1.54, 1.807) is 55.5 Å².